The number of piperidine rings is 1. The predicted molar refractivity (Wildman–Crippen MR) is 116 cm³/mol. The normalized spacial score (nSPS) is 27.1. The predicted octanol–water partition coefficient (Wildman–Crippen LogP) is 3.04. The zero-order valence-corrected chi connectivity index (χ0v) is 19.0. The van der Waals surface area contributed by atoms with Crippen molar-refractivity contribution in [2.45, 2.75) is 57.3 Å². The van der Waals surface area contributed by atoms with Crippen LogP contribution in [0.4, 0.5) is 0 Å². The van der Waals surface area contributed by atoms with Crippen LogP contribution >= 0.6 is 0 Å². The summed E-state index contributed by atoms with van der Waals surface area (Å²) in [5, 5.41) is 8.64. The summed E-state index contributed by atoms with van der Waals surface area (Å²) in [6.07, 6.45) is 3.86. The molecule has 176 valence electrons. The van der Waals surface area contributed by atoms with Crippen molar-refractivity contribution in [2.75, 3.05) is 33.4 Å². The molecule has 0 bridgehead atoms. The molecule has 8 nitrogen and oxygen atoms in total. The number of hydrogen-bond donors (Lipinski definition) is 1. The van der Waals surface area contributed by atoms with E-state index in [9.17, 15) is 9.59 Å². The second kappa shape index (κ2) is 9.27. The first-order chi connectivity index (χ1) is 15.3. The van der Waals surface area contributed by atoms with Gasteiger partial charge in [-0.05, 0) is 51.5 Å². The minimum Gasteiger partial charge on any atom is -0.493 e. The fraction of sp³-hybridized carbons (Fsp3) is 0.667. The van der Waals surface area contributed by atoms with Gasteiger partial charge in [-0.2, -0.15) is 0 Å². The Morgan fingerprint density at radius 2 is 1.91 bits per heavy atom. The molecule has 1 N–H and O–H groups in total. The minimum atomic E-state index is -1.07. The molecule has 2 saturated heterocycles. The van der Waals surface area contributed by atoms with Crippen LogP contribution in [-0.2, 0) is 19.1 Å². The Bertz CT molecular complexity index is 847. The van der Waals surface area contributed by atoms with Gasteiger partial charge in [0.15, 0.2) is 11.5 Å². The maximum absolute atomic E-state index is 12.3. The summed E-state index contributed by atoms with van der Waals surface area (Å²) in [7, 11) is 1.66. The number of amides is 1. The topological polar surface area (TPSA) is 94.5 Å². The first-order valence-electron chi connectivity index (χ1n) is 11.4. The average molecular weight is 448 g/mol. The van der Waals surface area contributed by atoms with Gasteiger partial charge in [-0.25, -0.2) is 4.79 Å². The quantitative estimate of drug-likeness (QED) is 0.716. The summed E-state index contributed by atoms with van der Waals surface area (Å²) in [6.45, 7) is 4.90. The van der Waals surface area contributed by atoms with Gasteiger partial charge in [-0.3, -0.25) is 4.79 Å². The highest BCUT2D eigenvalue weighted by atomic mass is 16.5. The molecule has 8 heteroatoms. The smallest absolute Gasteiger partial charge is 0.329 e. The molecule has 1 amide bonds. The largest absolute Gasteiger partial charge is 0.493 e. The van der Waals surface area contributed by atoms with Crippen LogP contribution in [0, 0.1) is 11.8 Å². The standard InChI is InChI=1S/C24H33NO7/c1-24(2)17-7-8-18(31-22(17)16-5-4-6-19(29-3)23(16)32-24)15-9-11-25(12-10-15)20(26)13-30-14-21(27)28/h4-6,15,17-18,22H,7-14H2,1-3H3,(H,27,28)/t17-,18+,22+/m0/s1. The van der Waals surface area contributed by atoms with Gasteiger partial charge in [0.25, 0.3) is 0 Å². The highest BCUT2D eigenvalue weighted by Crippen LogP contribution is 2.54. The van der Waals surface area contributed by atoms with Crippen LogP contribution in [0.5, 0.6) is 11.5 Å². The molecular weight excluding hydrogens is 414 g/mol. The Hall–Kier alpha value is -2.32. The van der Waals surface area contributed by atoms with Crippen LogP contribution < -0.4 is 9.47 Å². The Balaban J connectivity index is 1.39. The number of hydrogen-bond acceptors (Lipinski definition) is 6. The van der Waals surface area contributed by atoms with Crippen molar-refractivity contribution < 1.29 is 33.6 Å². The summed E-state index contributed by atoms with van der Waals surface area (Å²) >= 11 is 0. The molecule has 3 heterocycles. The van der Waals surface area contributed by atoms with E-state index in [4.69, 9.17) is 24.1 Å². The molecule has 1 aromatic rings. The first kappa shape index (κ1) is 22.9. The van der Waals surface area contributed by atoms with Gasteiger partial charge in [0.1, 0.15) is 18.8 Å². The molecule has 1 aromatic carbocycles. The highest BCUT2D eigenvalue weighted by Gasteiger charge is 2.49. The SMILES string of the molecule is COc1cccc2c1OC(C)(C)[C@H]1CC[C@H](C3CCN(C(=O)COCC(=O)O)CC3)O[C@H]21. The molecular formula is C24H33NO7. The van der Waals surface area contributed by atoms with Gasteiger partial charge in [0.05, 0.1) is 19.3 Å². The summed E-state index contributed by atoms with van der Waals surface area (Å²) in [6, 6.07) is 5.98. The number of fused-ring (bicyclic) bond motifs is 3. The van der Waals surface area contributed by atoms with Crippen molar-refractivity contribution in [3.8, 4) is 11.5 Å². The number of likely N-dealkylation sites (tertiary alicyclic amines) is 1. The molecule has 0 saturated carbocycles. The number of carboxylic acid groups (broad SMARTS) is 1. The second-order valence-corrected chi connectivity index (χ2v) is 9.47. The minimum absolute atomic E-state index is 0.0355. The van der Waals surface area contributed by atoms with Crippen LogP contribution in [-0.4, -0.2) is 67.0 Å². The lowest BCUT2D eigenvalue weighted by molar-refractivity contribution is -0.169. The van der Waals surface area contributed by atoms with Gasteiger partial charge >= 0.3 is 5.97 Å². The molecule has 0 unspecified atom stereocenters. The molecule has 3 atom stereocenters. The van der Waals surface area contributed by atoms with Gasteiger partial charge < -0.3 is 29.0 Å². The maximum Gasteiger partial charge on any atom is 0.329 e. The number of carboxylic acids is 1. The zero-order valence-electron chi connectivity index (χ0n) is 19.0. The van der Waals surface area contributed by atoms with Gasteiger partial charge in [-0.15, -0.1) is 0 Å². The Kier molecular flexibility index (Phi) is 6.62. The summed E-state index contributed by atoms with van der Waals surface area (Å²) in [4.78, 5) is 24.6. The lowest BCUT2D eigenvalue weighted by atomic mass is 9.73. The summed E-state index contributed by atoms with van der Waals surface area (Å²) in [5.41, 5.74) is 0.713. The van der Waals surface area contributed by atoms with Crippen LogP contribution in [0.2, 0.25) is 0 Å². The first-order valence-corrected chi connectivity index (χ1v) is 11.4. The Morgan fingerprint density at radius 3 is 2.59 bits per heavy atom. The molecule has 0 spiro atoms. The third-order valence-corrected chi connectivity index (χ3v) is 7.11. The fourth-order valence-corrected chi connectivity index (χ4v) is 5.40. The van der Waals surface area contributed by atoms with Crippen LogP contribution in [0.15, 0.2) is 18.2 Å². The van der Waals surface area contributed by atoms with E-state index in [0.717, 1.165) is 42.7 Å². The van der Waals surface area contributed by atoms with E-state index in [2.05, 4.69) is 19.9 Å². The van der Waals surface area contributed by atoms with Crippen molar-refractivity contribution in [1.29, 1.82) is 0 Å². The highest BCUT2D eigenvalue weighted by molar-refractivity contribution is 5.78. The van der Waals surface area contributed by atoms with Crippen LogP contribution in [0.3, 0.4) is 0 Å². The average Bonchev–Trinajstić information content (AvgIpc) is 2.78. The van der Waals surface area contributed by atoms with E-state index >= 15 is 0 Å². The molecule has 0 radical (unpaired) electrons. The van der Waals surface area contributed by atoms with Crippen molar-refractivity contribution in [3.05, 3.63) is 23.8 Å². The van der Waals surface area contributed by atoms with Gasteiger partial charge in [0.2, 0.25) is 5.91 Å². The fourth-order valence-electron chi connectivity index (χ4n) is 5.40. The molecule has 4 rings (SSSR count). The third kappa shape index (κ3) is 4.57. The molecule has 0 aliphatic carbocycles. The number of ether oxygens (including phenoxy) is 4. The lowest BCUT2D eigenvalue weighted by Gasteiger charge is -2.50. The number of aliphatic carboxylic acids is 1. The Morgan fingerprint density at radius 1 is 1.16 bits per heavy atom. The van der Waals surface area contributed by atoms with E-state index < -0.39 is 12.6 Å². The summed E-state index contributed by atoms with van der Waals surface area (Å²) in [5.74, 6) is 0.952. The van der Waals surface area contributed by atoms with E-state index in [-0.39, 0.29) is 36.2 Å². The van der Waals surface area contributed by atoms with E-state index in [1.165, 1.54) is 0 Å². The third-order valence-electron chi connectivity index (χ3n) is 7.11. The van der Waals surface area contributed by atoms with Crippen molar-refractivity contribution in [2.24, 2.45) is 11.8 Å². The van der Waals surface area contributed by atoms with E-state index in [1.54, 1.807) is 12.0 Å². The molecule has 3 aliphatic rings. The molecule has 32 heavy (non-hydrogen) atoms. The second-order valence-electron chi connectivity index (χ2n) is 9.47. The lowest BCUT2D eigenvalue weighted by Crippen LogP contribution is -2.50. The van der Waals surface area contributed by atoms with Crippen LogP contribution in [0.25, 0.3) is 0 Å². The number of carbonyl (C=O) groups excluding carboxylic acids is 1. The van der Waals surface area contributed by atoms with Crippen molar-refractivity contribution in [3.63, 3.8) is 0 Å². The van der Waals surface area contributed by atoms with Crippen molar-refractivity contribution >= 4 is 11.9 Å². The number of rotatable bonds is 6. The van der Waals surface area contributed by atoms with Gasteiger partial charge in [-0.1, -0.05) is 12.1 Å². The van der Waals surface area contributed by atoms with Gasteiger partial charge in [0, 0.05) is 24.6 Å². The number of nitrogens with zero attached hydrogens (tertiary/aromatic N) is 1. The summed E-state index contributed by atoms with van der Waals surface area (Å²) < 4.78 is 23.6. The zero-order chi connectivity index (χ0) is 22.9. The Labute approximate surface area is 188 Å². The molecule has 3 aliphatic heterocycles. The molecule has 2 fully saturated rings. The number of benzene rings is 1. The number of carbonyl (C=O) groups is 2. The monoisotopic (exact) mass is 447 g/mol. The number of para-hydroxylation sites is 1. The van der Waals surface area contributed by atoms with E-state index in [0.29, 0.717) is 19.0 Å². The molecule has 0 aromatic heterocycles. The number of methoxy groups -OCH3 is 1. The van der Waals surface area contributed by atoms with E-state index in [1.807, 2.05) is 12.1 Å². The maximum atomic E-state index is 12.3. The van der Waals surface area contributed by atoms with Crippen molar-refractivity contribution in [1.82, 2.24) is 4.90 Å². The van der Waals surface area contributed by atoms with Crippen LogP contribution in [0.1, 0.15) is 51.2 Å².